The minimum absolute atomic E-state index is 0.317. The van der Waals surface area contributed by atoms with Gasteiger partial charge in [-0.15, -0.1) is 0 Å². The number of hydrogen-bond acceptors (Lipinski definition) is 4. The first-order valence-electron chi connectivity index (χ1n) is 11.1. The lowest BCUT2D eigenvalue weighted by Gasteiger charge is -2.33. The summed E-state index contributed by atoms with van der Waals surface area (Å²) in [5.74, 6) is -0.532. The van der Waals surface area contributed by atoms with Crippen LogP contribution in [0.15, 0.2) is 30.3 Å². The highest BCUT2D eigenvalue weighted by molar-refractivity contribution is 6.09. The van der Waals surface area contributed by atoms with Crippen LogP contribution in [0.5, 0.6) is 0 Å². The molecule has 1 saturated carbocycles. The molecule has 1 spiro atoms. The molecule has 0 radical (unpaired) electrons. The first-order valence-corrected chi connectivity index (χ1v) is 11.1. The second-order valence-electron chi connectivity index (χ2n) is 8.70. The van der Waals surface area contributed by atoms with Gasteiger partial charge < -0.3 is 15.5 Å². The Morgan fingerprint density at radius 3 is 2.48 bits per heavy atom. The van der Waals surface area contributed by atoms with Gasteiger partial charge in [0.05, 0.1) is 0 Å². The fraction of sp³-hybridized carbons (Fsp3) is 0.565. The Kier molecular flexibility index (Phi) is 6.97. The van der Waals surface area contributed by atoms with E-state index < -0.39 is 23.5 Å². The van der Waals surface area contributed by atoms with Crippen molar-refractivity contribution in [2.45, 2.75) is 64.5 Å². The maximum absolute atomic E-state index is 13.1. The predicted molar refractivity (Wildman–Crippen MR) is 117 cm³/mol. The molecule has 2 N–H and O–H groups in total. The molecular formula is C23H32N4O4. The molecule has 1 aromatic carbocycles. The van der Waals surface area contributed by atoms with Crippen molar-refractivity contribution in [3.8, 4) is 0 Å². The van der Waals surface area contributed by atoms with Gasteiger partial charge in [0.15, 0.2) is 0 Å². The van der Waals surface area contributed by atoms with E-state index in [9.17, 15) is 19.2 Å². The molecule has 1 aromatic rings. The lowest BCUT2D eigenvalue weighted by atomic mass is 9.77. The molecule has 1 heterocycles. The SMILES string of the molecule is CCCN(C(=O)CN1C(=O)NC2(CCC(C)CC2)C1=O)C(C)C(=O)Nc1ccccc1. The number of nitrogens with zero attached hydrogens (tertiary/aromatic N) is 2. The highest BCUT2D eigenvalue weighted by Crippen LogP contribution is 2.36. The number of imide groups is 1. The van der Waals surface area contributed by atoms with Gasteiger partial charge in [0, 0.05) is 12.2 Å². The molecule has 168 valence electrons. The molecule has 2 fully saturated rings. The van der Waals surface area contributed by atoms with Crippen molar-refractivity contribution >= 4 is 29.4 Å². The van der Waals surface area contributed by atoms with Crippen LogP contribution < -0.4 is 10.6 Å². The van der Waals surface area contributed by atoms with E-state index in [4.69, 9.17) is 0 Å². The van der Waals surface area contributed by atoms with E-state index in [1.165, 1.54) is 4.90 Å². The van der Waals surface area contributed by atoms with Crippen LogP contribution in [0.2, 0.25) is 0 Å². The fourth-order valence-corrected chi connectivity index (χ4v) is 4.32. The topological polar surface area (TPSA) is 98.8 Å². The summed E-state index contributed by atoms with van der Waals surface area (Å²) in [4.78, 5) is 53.8. The molecule has 2 aliphatic rings. The van der Waals surface area contributed by atoms with Crippen LogP contribution in [0.1, 0.15) is 52.9 Å². The third kappa shape index (κ3) is 4.89. The molecule has 0 bridgehead atoms. The summed E-state index contributed by atoms with van der Waals surface area (Å²) in [6, 6.07) is 7.76. The molecule has 1 atom stereocenters. The maximum atomic E-state index is 13.1. The Morgan fingerprint density at radius 2 is 1.87 bits per heavy atom. The first kappa shape index (κ1) is 22.8. The number of urea groups is 1. The van der Waals surface area contributed by atoms with Crippen LogP contribution in [0.4, 0.5) is 10.5 Å². The lowest BCUT2D eigenvalue weighted by molar-refractivity contribution is -0.142. The number of carbonyl (C=O) groups excluding carboxylic acids is 4. The number of carbonyl (C=O) groups is 4. The molecule has 3 rings (SSSR count). The highest BCUT2D eigenvalue weighted by Gasteiger charge is 2.52. The van der Waals surface area contributed by atoms with Gasteiger partial charge in [-0.2, -0.15) is 0 Å². The van der Waals surface area contributed by atoms with E-state index in [0.29, 0.717) is 37.4 Å². The zero-order valence-electron chi connectivity index (χ0n) is 18.5. The summed E-state index contributed by atoms with van der Waals surface area (Å²) in [6.07, 6.45) is 3.57. The smallest absolute Gasteiger partial charge is 0.325 e. The Bertz CT molecular complexity index is 833. The van der Waals surface area contributed by atoms with Gasteiger partial charge in [0.2, 0.25) is 11.8 Å². The molecule has 1 unspecified atom stereocenters. The maximum Gasteiger partial charge on any atom is 0.325 e. The summed E-state index contributed by atoms with van der Waals surface area (Å²) in [6.45, 7) is 5.70. The van der Waals surface area contributed by atoms with E-state index >= 15 is 0 Å². The van der Waals surface area contributed by atoms with Crippen molar-refractivity contribution in [2.75, 3.05) is 18.4 Å². The van der Waals surface area contributed by atoms with Crippen molar-refractivity contribution in [2.24, 2.45) is 5.92 Å². The number of amides is 5. The number of anilines is 1. The number of para-hydroxylation sites is 1. The summed E-state index contributed by atoms with van der Waals surface area (Å²) < 4.78 is 0. The van der Waals surface area contributed by atoms with Gasteiger partial charge in [-0.1, -0.05) is 32.0 Å². The van der Waals surface area contributed by atoms with Crippen molar-refractivity contribution in [3.05, 3.63) is 30.3 Å². The lowest BCUT2D eigenvalue weighted by Crippen LogP contribution is -2.52. The minimum Gasteiger partial charge on any atom is -0.329 e. The molecule has 31 heavy (non-hydrogen) atoms. The van der Waals surface area contributed by atoms with E-state index in [1.54, 1.807) is 19.1 Å². The van der Waals surface area contributed by atoms with Gasteiger partial charge in [-0.05, 0) is 57.1 Å². The summed E-state index contributed by atoms with van der Waals surface area (Å²) in [7, 11) is 0. The van der Waals surface area contributed by atoms with E-state index in [1.807, 2.05) is 25.1 Å². The van der Waals surface area contributed by atoms with Crippen LogP contribution in [0.3, 0.4) is 0 Å². The third-order valence-electron chi connectivity index (χ3n) is 6.34. The highest BCUT2D eigenvalue weighted by atomic mass is 16.2. The Hall–Kier alpha value is -2.90. The third-order valence-corrected chi connectivity index (χ3v) is 6.34. The van der Waals surface area contributed by atoms with E-state index in [-0.39, 0.29) is 18.4 Å². The van der Waals surface area contributed by atoms with Gasteiger partial charge in [-0.3, -0.25) is 19.3 Å². The predicted octanol–water partition coefficient (Wildman–Crippen LogP) is 2.75. The molecule has 8 nitrogen and oxygen atoms in total. The molecular weight excluding hydrogens is 396 g/mol. The molecule has 8 heteroatoms. The quantitative estimate of drug-likeness (QED) is 0.653. The van der Waals surface area contributed by atoms with Gasteiger partial charge >= 0.3 is 6.03 Å². The number of nitrogens with one attached hydrogen (secondary N) is 2. The summed E-state index contributed by atoms with van der Waals surface area (Å²) in [5, 5.41) is 5.64. The molecule has 1 aliphatic heterocycles. The zero-order chi connectivity index (χ0) is 22.6. The number of benzene rings is 1. The monoisotopic (exact) mass is 428 g/mol. The fourth-order valence-electron chi connectivity index (χ4n) is 4.32. The number of hydrogen-bond donors (Lipinski definition) is 2. The van der Waals surface area contributed by atoms with E-state index in [2.05, 4.69) is 17.6 Å². The largest absolute Gasteiger partial charge is 0.329 e. The molecule has 0 aromatic heterocycles. The second-order valence-corrected chi connectivity index (χ2v) is 8.70. The molecule has 1 aliphatic carbocycles. The van der Waals surface area contributed by atoms with Crippen molar-refractivity contribution in [1.29, 1.82) is 0 Å². The van der Waals surface area contributed by atoms with Crippen LogP contribution in [-0.2, 0) is 14.4 Å². The van der Waals surface area contributed by atoms with Crippen LogP contribution >= 0.6 is 0 Å². The summed E-state index contributed by atoms with van der Waals surface area (Å²) >= 11 is 0. The normalized spacial score (nSPS) is 24.1. The van der Waals surface area contributed by atoms with Crippen LogP contribution in [0, 0.1) is 5.92 Å². The minimum atomic E-state index is -0.879. The molecule has 5 amide bonds. The standard InChI is InChI=1S/C23H32N4O4/c1-4-14-26(17(3)20(29)24-18-8-6-5-7-9-18)19(28)15-27-21(30)23(25-22(27)31)12-10-16(2)11-13-23/h5-9,16-17H,4,10-15H2,1-3H3,(H,24,29)(H,25,31). The average molecular weight is 429 g/mol. The molecule has 1 saturated heterocycles. The van der Waals surface area contributed by atoms with Gasteiger partial charge in [-0.25, -0.2) is 4.79 Å². The van der Waals surface area contributed by atoms with Crippen molar-refractivity contribution < 1.29 is 19.2 Å². The van der Waals surface area contributed by atoms with E-state index in [0.717, 1.165) is 17.7 Å². The Labute approximate surface area is 183 Å². The number of rotatable bonds is 7. The van der Waals surface area contributed by atoms with Gasteiger partial charge in [0.25, 0.3) is 5.91 Å². The van der Waals surface area contributed by atoms with Crippen molar-refractivity contribution in [1.82, 2.24) is 15.1 Å². The van der Waals surface area contributed by atoms with Crippen LogP contribution in [-0.4, -0.2) is 58.2 Å². The van der Waals surface area contributed by atoms with Crippen LogP contribution in [0.25, 0.3) is 0 Å². The first-order chi connectivity index (χ1) is 14.8. The summed E-state index contributed by atoms with van der Waals surface area (Å²) in [5.41, 5.74) is -0.235. The average Bonchev–Trinajstić information content (AvgIpc) is 2.98. The van der Waals surface area contributed by atoms with Crippen molar-refractivity contribution in [3.63, 3.8) is 0 Å². The Balaban J connectivity index is 1.68. The second kappa shape index (κ2) is 9.49. The zero-order valence-corrected chi connectivity index (χ0v) is 18.5. The van der Waals surface area contributed by atoms with Gasteiger partial charge in [0.1, 0.15) is 18.1 Å². The Morgan fingerprint density at radius 1 is 1.23 bits per heavy atom.